The molecule has 0 atom stereocenters. The Bertz CT molecular complexity index is 1040. The molecule has 0 radical (unpaired) electrons. The van der Waals surface area contributed by atoms with E-state index < -0.39 is 6.43 Å². The number of hydrogen-bond acceptors (Lipinski definition) is 2. The van der Waals surface area contributed by atoms with E-state index in [9.17, 15) is 8.78 Å². The lowest BCUT2D eigenvalue weighted by atomic mass is 10.0. The van der Waals surface area contributed by atoms with Crippen LogP contribution < -0.4 is 0 Å². The molecule has 2 aromatic rings. The molecule has 0 unspecified atom stereocenters. The Labute approximate surface area is 196 Å². The van der Waals surface area contributed by atoms with Gasteiger partial charge < -0.3 is 0 Å². The number of nitrogens with zero attached hydrogens (tertiary/aromatic N) is 2. The number of alkyl halides is 2. The molecule has 0 saturated carbocycles. The molecule has 0 spiro atoms. The van der Waals surface area contributed by atoms with Gasteiger partial charge in [-0.2, -0.15) is 0 Å². The molecule has 0 N–H and O–H groups in total. The lowest BCUT2D eigenvalue weighted by Crippen LogP contribution is -1.90. The summed E-state index contributed by atoms with van der Waals surface area (Å²) in [4.78, 5) is 7.72. The summed E-state index contributed by atoms with van der Waals surface area (Å²) in [5, 5.41) is 0. The molecule has 0 fully saturated rings. The molecule has 0 bridgehead atoms. The maximum Gasteiger partial charge on any atom is 0.280 e. The fourth-order valence-electron chi connectivity index (χ4n) is 2.65. The predicted molar refractivity (Wildman–Crippen MR) is 139 cm³/mol. The molecular formula is C29H32F2N2. The van der Waals surface area contributed by atoms with Gasteiger partial charge in [-0.1, -0.05) is 73.4 Å². The van der Waals surface area contributed by atoms with Crippen molar-refractivity contribution in [3.8, 4) is 11.1 Å². The lowest BCUT2D eigenvalue weighted by Gasteiger charge is -2.05. The molecule has 4 heteroatoms. The normalized spacial score (nSPS) is 11.6. The van der Waals surface area contributed by atoms with E-state index >= 15 is 0 Å². The minimum atomic E-state index is -2.54. The largest absolute Gasteiger partial charge is 0.280 e. The van der Waals surface area contributed by atoms with Crippen molar-refractivity contribution < 1.29 is 8.78 Å². The van der Waals surface area contributed by atoms with Crippen LogP contribution in [0.1, 0.15) is 38.5 Å². The SMILES string of the molecule is C=CC=N/C=C(C)/C(C=C)=C/C=C(C)C.C=CCc1ccc(-c2ccnc(C(F)F)c2)cc1. The van der Waals surface area contributed by atoms with Gasteiger partial charge in [0.1, 0.15) is 5.69 Å². The highest BCUT2D eigenvalue weighted by molar-refractivity contribution is 5.70. The van der Waals surface area contributed by atoms with Crippen molar-refractivity contribution in [1.29, 1.82) is 0 Å². The number of aliphatic imine (C=N–C) groups is 1. The van der Waals surface area contributed by atoms with Crippen molar-refractivity contribution in [2.75, 3.05) is 0 Å². The Morgan fingerprint density at radius 1 is 1.00 bits per heavy atom. The monoisotopic (exact) mass is 446 g/mol. The van der Waals surface area contributed by atoms with Crippen molar-refractivity contribution >= 4 is 6.21 Å². The van der Waals surface area contributed by atoms with Crippen LogP contribution in [0.25, 0.3) is 11.1 Å². The van der Waals surface area contributed by atoms with Crippen LogP contribution in [0.2, 0.25) is 0 Å². The van der Waals surface area contributed by atoms with E-state index in [4.69, 9.17) is 0 Å². The van der Waals surface area contributed by atoms with Crippen LogP contribution in [-0.4, -0.2) is 11.2 Å². The third-order valence-corrected chi connectivity index (χ3v) is 4.40. The third kappa shape index (κ3) is 10.5. The fourth-order valence-corrected chi connectivity index (χ4v) is 2.65. The van der Waals surface area contributed by atoms with Crippen LogP contribution in [0.5, 0.6) is 0 Å². The molecule has 172 valence electrons. The van der Waals surface area contributed by atoms with Gasteiger partial charge >= 0.3 is 0 Å². The summed E-state index contributed by atoms with van der Waals surface area (Å²) in [6, 6.07) is 10.9. The van der Waals surface area contributed by atoms with Gasteiger partial charge in [-0.3, -0.25) is 9.98 Å². The molecule has 1 heterocycles. The molecular weight excluding hydrogens is 414 g/mol. The van der Waals surface area contributed by atoms with E-state index in [1.165, 1.54) is 17.8 Å². The van der Waals surface area contributed by atoms with Gasteiger partial charge in [0, 0.05) is 18.6 Å². The van der Waals surface area contributed by atoms with Gasteiger partial charge in [0.2, 0.25) is 0 Å². The number of allylic oxidation sites excluding steroid dienone is 8. The number of aromatic nitrogens is 1. The summed E-state index contributed by atoms with van der Waals surface area (Å²) < 4.78 is 25.1. The first kappa shape index (κ1) is 27.4. The Kier molecular flexibility index (Phi) is 12.6. The Morgan fingerprint density at radius 3 is 2.24 bits per heavy atom. The zero-order valence-corrected chi connectivity index (χ0v) is 19.6. The smallest absolute Gasteiger partial charge is 0.264 e. The first-order valence-corrected chi connectivity index (χ1v) is 10.6. The van der Waals surface area contributed by atoms with Crippen molar-refractivity contribution in [2.45, 2.75) is 33.6 Å². The van der Waals surface area contributed by atoms with Gasteiger partial charge in [-0.25, -0.2) is 8.78 Å². The molecule has 2 nitrogen and oxygen atoms in total. The van der Waals surface area contributed by atoms with Crippen molar-refractivity contribution in [3.63, 3.8) is 0 Å². The lowest BCUT2D eigenvalue weighted by molar-refractivity contribution is 0.146. The minimum Gasteiger partial charge on any atom is -0.264 e. The average molecular weight is 447 g/mol. The van der Waals surface area contributed by atoms with Crippen LogP contribution in [0, 0.1) is 0 Å². The standard InChI is InChI=1S/C15H13F2N.C14H19N/c1-2-3-11-4-6-12(7-5-11)13-8-9-18-14(10-13)15(16)17;1-6-10-15-11-13(5)14(7-2)9-8-12(3)4/h2,4-10,15H,1,3H2;6-11H,1-2H2,3-5H3/b;13-11+,14-9+,15-10?. The van der Waals surface area contributed by atoms with E-state index in [2.05, 4.69) is 49.6 Å². The third-order valence-electron chi connectivity index (χ3n) is 4.40. The summed E-state index contributed by atoms with van der Waals surface area (Å²) >= 11 is 0. The molecule has 1 aromatic carbocycles. The molecule has 0 aliphatic carbocycles. The maximum atomic E-state index is 12.6. The van der Waals surface area contributed by atoms with Crippen molar-refractivity contribution in [1.82, 2.24) is 4.98 Å². The quantitative estimate of drug-likeness (QED) is 0.215. The number of halogens is 2. The molecule has 0 aliphatic heterocycles. The summed E-state index contributed by atoms with van der Waals surface area (Å²) in [5.74, 6) is 0. The minimum absolute atomic E-state index is 0.192. The van der Waals surface area contributed by atoms with Crippen LogP contribution in [-0.2, 0) is 6.42 Å². The summed E-state index contributed by atoms with van der Waals surface area (Å²) in [5.41, 5.74) is 6.05. The summed E-state index contributed by atoms with van der Waals surface area (Å²) in [6.45, 7) is 17.1. The topological polar surface area (TPSA) is 25.2 Å². The molecule has 0 aliphatic rings. The number of hydrogen-bond donors (Lipinski definition) is 0. The molecule has 33 heavy (non-hydrogen) atoms. The number of rotatable bonds is 9. The van der Waals surface area contributed by atoms with E-state index in [1.54, 1.807) is 24.6 Å². The highest BCUT2D eigenvalue weighted by Crippen LogP contribution is 2.24. The van der Waals surface area contributed by atoms with E-state index in [0.29, 0.717) is 0 Å². The Morgan fingerprint density at radius 2 is 1.70 bits per heavy atom. The Hall–Kier alpha value is -3.66. The second-order valence-corrected chi connectivity index (χ2v) is 7.38. The highest BCUT2D eigenvalue weighted by Gasteiger charge is 2.09. The number of pyridine rings is 1. The van der Waals surface area contributed by atoms with Crippen LogP contribution in [0.3, 0.4) is 0 Å². The Balaban J connectivity index is 0.000000337. The van der Waals surface area contributed by atoms with Crippen LogP contribution in [0.15, 0.2) is 121 Å². The van der Waals surface area contributed by atoms with Crippen LogP contribution >= 0.6 is 0 Å². The van der Waals surface area contributed by atoms with Gasteiger partial charge in [-0.05, 0) is 67.2 Å². The van der Waals surface area contributed by atoms with Crippen molar-refractivity contribution in [2.24, 2.45) is 4.99 Å². The zero-order chi connectivity index (χ0) is 24.6. The van der Waals surface area contributed by atoms with Gasteiger partial charge in [0.15, 0.2) is 0 Å². The van der Waals surface area contributed by atoms with E-state index in [0.717, 1.165) is 34.3 Å². The predicted octanol–water partition coefficient (Wildman–Crippen LogP) is 8.64. The molecule has 1 aromatic heterocycles. The first-order valence-electron chi connectivity index (χ1n) is 10.6. The molecule has 0 saturated heterocycles. The van der Waals surface area contributed by atoms with E-state index in [-0.39, 0.29) is 5.69 Å². The molecule has 2 rings (SSSR count). The average Bonchev–Trinajstić information content (AvgIpc) is 2.81. The number of benzene rings is 1. The first-order chi connectivity index (χ1) is 15.8. The zero-order valence-electron chi connectivity index (χ0n) is 19.6. The summed E-state index contributed by atoms with van der Waals surface area (Å²) in [6.07, 6.45) is 12.5. The molecule has 0 amide bonds. The fraction of sp³-hybridized carbons (Fsp3) is 0.172. The van der Waals surface area contributed by atoms with Gasteiger partial charge in [0.05, 0.1) is 0 Å². The highest BCUT2D eigenvalue weighted by atomic mass is 19.3. The second kappa shape index (κ2) is 15.2. The van der Waals surface area contributed by atoms with Crippen molar-refractivity contribution in [3.05, 3.63) is 127 Å². The summed E-state index contributed by atoms with van der Waals surface area (Å²) in [7, 11) is 0. The van der Waals surface area contributed by atoms with E-state index in [1.807, 2.05) is 49.4 Å². The second-order valence-electron chi connectivity index (χ2n) is 7.38. The maximum absolute atomic E-state index is 12.6. The van der Waals surface area contributed by atoms with Gasteiger partial charge in [-0.15, -0.1) is 6.58 Å². The van der Waals surface area contributed by atoms with Crippen LogP contribution in [0.4, 0.5) is 8.78 Å². The van der Waals surface area contributed by atoms with Gasteiger partial charge in [0.25, 0.3) is 6.43 Å².